The number of nitrogens with one attached hydrogen (secondary N) is 1. The van der Waals surface area contributed by atoms with Crippen molar-refractivity contribution in [2.24, 2.45) is 29.4 Å². The highest BCUT2D eigenvalue weighted by Gasteiger charge is 2.37. The number of hydrogen-bond donors (Lipinski definition) is 2. The maximum Gasteiger partial charge on any atom is 0.0616 e. The van der Waals surface area contributed by atoms with Gasteiger partial charge in [0.25, 0.3) is 0 Å². The van der Waals surface area contributed by atoms with Crippen molar-refractivity contribution in [1.29, 1.82) is 0 Å². The molecule has 1 saturated heterocycles. The van der Waals surface area contributed by atoms with Gasteiger partial charge in [0.15, 0.2) is 0 Å². The summed E-state index contributed by atoms with van der Waals surface area (Å²) in [7, 11) is 0. The maximum atomic E-state index is 6.12. The Balaban J connectivity index is 2.65. The summed E-state index contributed by atoms with van der Waals surface area (Å²) in [4.78, 5) is 0. The van der Waals surface area contributed by atoms with Crippen molar-refractivity contribution in [1.82, 2.24) is 5.32 Å². The van der Waals surface area contributed by atoms with Crippen LogP contribution in [0.2, 0.25) is 0 Å². The molecule has 1 rings (SSSR count). The quantitative estimate of drug-likeness (QED) is 0.755. The van der Waals surface area contributed by atoms with E-state index < -0.39 is 0 Å². The Morgan fingerprint density at radius 1 is 1.15 bits per heavy atom. The Labute approximate surface area is 126 Å². The average molecular weight is 284 g/mol. The highest BCUT2D eigenvalue weighted by Crippen LogP contribution is 2.29. The minimum absolute atomic E-state index is 0.0786. The molecular weight excluding hydrogens is 248 g/mol. The normalized spacial score (nSPS) is 28.1. The lowest BCUT2D eigenvalue weighted by atomic mass is 9.81. The molecule has 1 heterocycles. The highest BCUT2D eigenvalue weighted by molar-refractivity contribution is 4.95. The molecule has 120 valence electrons. The summed E-state index contributed by atoms with van der Waals surface area (Å²) in [5.41, 5.74) is 6.20. The summed E-state index contributed by atoms with van der Waals surface area (Å²) in [5.74, 6) is 2.68. The van der Waals surface area contributed by atoms with Gasteiger partial charge in [0.1, 0.15) is 0 Å². The molecule has 0 aromatic rings. The van der Waals surface area contributed by atoms with E-state index >= 15 is 0 Å². The van der Waals surface area contributed by atoms with Crippen molar-refractivity contribution in [2.45, 2.75) is 66.0 Å². The van der Waals surface area contributed by atoms with Crippen molar-refractivity contribution in [3.63, 3.8) is 0 Å². The Kier molecular flexibility index (Phi) is 6.96. The second-order valence-corrected chi connectivity index (χ2v) is 7.62. The van der Waals surface area contributed by atoms with Crippen LogP contribution in [-0.4, -0.2) is 31.3 Å². The zero-order valence-electron chi connectivity index (χ0n) is 14.4. The molecule has 3 N–H and O–H groups in total. The first-order chi connectivity index (χ1) is 9.31. The molecule has 1 aliphatic heterocycles. The highest BCUT2D eigenvalue weighted by atomic mass is 16.5. The third-order valence-electron chi connectivity index (χ3n) is 5.06. The van der Waals surface area contributed by atoms with Gasteiger partial charge in [-0.3, -0.25) is 0 Å². The molecule has 1 aliphatic rings. The zero-order valence-corrected chi connectivity index (χ0v) is 14.4. The van der Waals surface area contributed by atoms with E-state index in [1.165, 1.54) is 0 Å². The molecular formula is C17H36N2O. The SMILES string of the molecule is CC(C)C1CC(CN)(NCC(C(C)C)C(C)C)CCO1. The number of ether oxygens (including phenoxy) is 1. The van der Waals surface area contributed by atoms with Crippen molar-refractivity contribution < 1.29 is 4.74 Å². The number of rotatable bonds is 7. The van der Waals surface area contributed by atoms with Gasteiger partial charge in [0.2, 0.25) is 0 Å². The van der Waals surface area contributed by atoms with Crippen LogP contribution < -0.4 is 11.1 Å². The molecule has 0 bridgehead atoms. The molecule has 2 atom stereocenters. The van der Waals surface area contributed by atoms with Crippen LogP contribution in [0.3, 0.4) is 0 Å². The van der Waals surface area contributed by atoms with E-state index in [0.717, 1.165) is 26.0 Å². The summed E-state index contributed by atoms with van der Waals surface area (Å²) in [6.45, 7) is 16.4. The lowest BCUT2D eigenvalue weighted by Gasteiger charge is -2.43. The van der Waals surface area contributed by atoms with Gasteiger partial charge in [-0.2, -0.15) is 0 Å². The summed E-state index contributed by atoms with van der Waals surface area (Å²) in [6.07, 6.45) is 2.43. The summed E-state index contributed by atoms with van der Waals surface area (Å²) >= 11 is 0. The van der Waals surface area contributed by atoms with E-state index in [4.69, 9.17) is 10.5 Å². The second kappa shape index (κ2) is 7.77. The molecule has 3 heteroatoms. The first-order valence-electron chi connectivity index (χ1n) is 8.38. The largest absolute Gasteiger partial charge is 0.378 e. The van der Waals surface area contributed by atoms with Crippen LogP contribution in [0.1, 0.15) is 54.4 Å². The Morgan fingerprint density at radius 3 is 2.20 bits per heavy atom. The molecule has 0 aromatic heterocycles. The van der Waals surface area contributed by atoms with Crippen LogP contribution >= 0.6 is 0 Å². The van der Waals surface area contributed by atoms with Crippen LogP contribution in [0.5, 0.6) is 0 Å². The third kappa shape index (κ3) is 4.71. The lowest BCUT2D eigenvalue weighted by Crippen LogP contribution is -2.58. The predicted octanol–water partition coefficient (Wildman–Crippen LogP) is 3.04. The molecule has 1 fully saturated rings. The Morgan fingerprint density at radius 2 is 1.75 bits per heavy atom. The molecule has 20 heavy (non-hydrogen) atoms. The van der Waals surface area contributed by atoms with E-state index in [2.05, 4.69) is 46.9 Å². The summed E-state index contributed by atoms with van der Waals surface area (Å²) in [6, 6.07) is 0. The molecule has 0 spiro atoms. The second-order valence-electron chi connectivity index (χ2n) is 7.62. The fourth-order valence-corrected chi connectivity index (χ4v) is 3.37. The predicted molar refractivity (Wildman–Crippen MR) is 86.8 cm³/mol. The minimum atomic E-state index is 0.0786. The van der Waals surface area contributed by atoms with E-state index in [9.17, 15) is 0 Å². The Bertz CT molecular complexity index is 270. The molecule has 0 aromatic carbocycles. The van der Waals surface area contributed by atoms with Gasteiger partial charge in [-0.1, -0.05) is 41.5 Å². The molecule has 3 nitrogen and oxygen atoms in total. The van der Waals surface area contributed by atoms with Crippen molar-refractivity contribution >= 4 is 0 Å². The minimum Gasteiger partial charge on any atom is -0.378 e. The molecule has 0 radical (unpaired) electrons. The van der Waals surface area contributed by atoms with Gasteiger partial charge in [-0.25, -0.2) is 0 Å². The van der Waals surface area contributed by atoms with E-state index in [1.807, 2.05) is 0 Å². The fourth-order valence-electron chi connectivity index (χ4n) is 3.37. The molecule has 0 amide bonds. The topological polar surface area (TPSA) is 47.3 Å². The van der Waals surface area contributed by atoms with E-state index in [-0.39, 0.29) is 5.54 Å². The maximum absolute atomic E-state index is 6.12. The first kappa shape index (κ1) is 17.9. The van der Waals surface area contributed by atoms with Crippen LogP contribution in [-0.2, 0) is 4.74 Å². The van der Waals surface area contributed by atoms with Gasteiger partial charge in [0.05, 0.1) is 6.10 Å². The zero-order chi connectivity index (χ0) is 15.3. The van der Waals surface area contributed by atoms with Gasteiger partial charge in [-0.15, -0.1) is 0 Å². The standard InChI is InChI=1S/C17H36N2O/c1-12(2)15(13(3)4)10-19-17(11-18)7-8-20-16(9-17)14(5)6/h12-16,19H,7-11,18H2,1-6H3. The summed E-state index contributed by atoms with van der Waals surface area (Å²) < 4.78 is 5.90. The molecule has 0 saturated carbocycles. The van der Waals surface area contributed by atoms with Gasteiger partial charge in [-0.05, 0) is 43.1 Å². The number of nitrogens with two attached hydrogens (primary N) is 1. The van der Waals surface area contributed by atoms with Crippen LogP contribution in [0.25, 0.3) is 0 Å². The lowest BCUT2D eigenvalue weighted by molar-refractivity contribution is -0.0507. The smallest absolute Gasteiger partial charge is 0.0616 e. The van der Waals surface area contributed by atoms with Gasteiger partial charge >= 0.3 is 0 Å². The van der Waals surface area contributed by atoms with Crippen molar-refractivity contribution in [3.8, 4) is 0 Å². The van der Waals surface area contributed by atoms with Crippen molar-refractivity contribution in [3.05, 3.63) is 0 Å². The van der Waals surface area contributed by atoms with Gasteiger partial charge < -0.3 is 15.8 Å². The van der Waals surface area contributed by atoms with Gasteiger partial charge in [0, 0.05) is 18.7 Å². The van der Waals surface area contributed by atoms with Crippen LogP contribution in [0.15, 0.2) is 0 Å². The van der Waals surface area contributed by atoms with E-state index in [0.29, 0.717) is 36.3 Å². The molecule has 2 unspecified atom stereocenters. The summed E-state index contributed by atoms with van der Waals surface area (Å²) in [5, 5.41) is 3.83. The third-order valence-corrected chi connectivity index (χ3v) is 5.06. The van der Waals surface area contributed by atoms with E-state index in [1.54, 1.807) is 0 Å². The Hall–Kier alpha value is -0.120. The van der Waals surface area contributed by atoms with Crippen LogP contribution in [0.4, 0.5) is 0 Å². The van der Waals surface area contributed by atoms with Crippen molar-refractivity contribution in [2.75, 3.05) is 19.7 Å². The molecule has 0 aliphatic carbocycles. The van der Waals surface area contributed by atoms with Crippen LogP contribution in [0, 0.1) is 23.7 Å². The fraction of sp³-hybridized carbons (Fsp3) is 1.00. The average Bonchev–Trinajstić information content (AvgIpc) is 2.38. The number of hydrogen-bond acceptors (Lipinski definition) is 3. The first-order valence-corrected chi connectivity index (χ1v) is 8.38. The monoisotopic (exact) mass is 284 g/mol.